The molecule has 0 aliphatic carbocycles. The van der Waals surface area contributed by atoms with Gasteiger partial charge in [-0.25, -0.2) is 8.78 Å². The van der Waals surface area contributed by atoms with Crippen LogP contribution in [0.15, 0.2) is 0 Å². The Hall–Kier alpha value is -1.80. The summed E-state index contributed by atoms with van der Waals surface area (Å²) in [6.07, 6.45) is -5.38. The van der Waals surface area contributed by atoms with Crippen LogP contribution >= 0.6 is 0 Å². The summed E-state index contributed by atoms with van der Waals surface area (Å²) in [4.78, 5) is 0. The Kier molecular flexibility index (Phi) is 2.80. The summed E-state index contributed by atoms with van der Waals surface area (Å²) in [5.41, 5.74) is 7.34. The van der Waals surface area contributed by atoms with Gasteiger partial charge in [0, 0.05) is 0 Å². The number of anilines is 2. The van der Waals surface area contributed by atoms with Crippen LogP contribution in [0, 0.1) is 17.5 Å². The minimum absolute atomic E-state index is 1.12. The molecule has 0 saturated heterocycles. The molecule has 0 bridgehead atoms. The summed E-state index contributed by atoms with van der Waals surface area (Å²) < 4.78 is 76.8. The fraction of sp³-hybridized carbons (Fsp3) is 0.143. The van der Waals surface area contributed by atoms with Crippen molar-refractivity contribution in [2.75, 3.05) is 11.5 Å². The lowest BCUT2D eigenvalue weighted by molar-refractivity contribution is -0.276. The molecule has 0 atom stereocenters. The highest BCUT2D eigenvalue weighted by Crippen LogP contribution is 2.36. The second kappa shape index (κ2) is 3.65. The van der Waals surface area contributed by atoms with Gasteiger partial charge in [-0.15, -0.1) is 13.2 Å². The number of nitrogens with two attached hydrogens (primary N) is 2. The molecule has 3 nitrogen and oxygen atoms in total. The Labute approximate surface area is 84.6 Å². The lowest BCUT2D eigenvalue weighted by Gasteiger charge is -2.13. The number of ether oxygens (including phenoxy) is 1. The number of halogens is 6. The number of nitrogen functional groups attached to an aromatic ring is 2. The minimum atomic E-state index is -5.38. The van der Waals surface area contributed by atoms with Gasteiger partial charge >= 0.3 is 6.36 Å². The standard InChI is InChI=1S/C7H4F6N2O/c8-1-2(9)6(16-7(11,12)13)3(10)5(15)4(1)14/h14-15H2. The van der Waals surface area contributed by atoms with Crippen LogP contribution in [-0.4, -0.2) is 6.36 Å². The molecule has 0 aliphatic rings. The van der Waals surface area contributed by atoms with E-state index in [1.54, 1.807) is 0 Å². The second-order valence-electron chi connectivity index (χ2n) is 2.65. The normalized spacial score (nSPS) is 11.6. The van der Waals surface area contributed by atoms with E-state index in [0.717, 1.165) is 0 Å². The van der Waals surface area contributed by atoms with Crippen molar-refractivity contribution in [1.82, 2.24) is 0 Å². The molecular weight excluding hydrogens is 242 g/mol. The maximum atomic E-state index is 13.0. The first-order valence-electron chi connectivity index (χ1n) is 3.62. The van der Waals surface area contributed by atoms with Crippen LogP contribution in [0.5, 0.6) is 5.75 Å². The van der Waals surface area contributed by atoms with Crippen molar-refractivity contribution in [2.45, 2.75) is 6.36 Å². The predicted molar refractivity (Wildman–Crippen MR) is 41.8 cm³/mol. The number of benzene rings is 1. The van der Waals surface area contributed by atoms with E-state index in [-0.39, 0.29) is 0 Å². The Balaban J connectivity index is 3.40. The minimum Gasteiger partial charge on any atom is -0.399 e. The third-order valence-electron chi connectivity index (χ3n) is 1.57. The molecule has 0 radical (unpaired) electrons. The third kappa shape index (κ3) is 2.07. The van der Waals surface area contributed by atoms with Crippen molar-refractivity contribution in [3.05, 3.63) is 17.5 Å². The van der Waals surface area contributed by atoms with E-state index in [2.05, 4.69) is 4.74 Å². The third-order valence-corrected chi connectivity index (χ3v) is 1.57. The van der Waals surface area contributed by atoms with Crippen molar-refractivity contribution < 1.29 is 31.1 Å². The molecule has 1 aromatic rings. The van der Waals surface area contributed by atoms with E-state index in [0.29, 0.717) is 0 Å². The predicted octanol–water partition coefficient (Wildman–Crippen LogP) is 2.17. The SMILES string of the molecule is Nc1c(N)c(F)c(OC(F)(F)F)c(F)c1F. The number of alkyl halides is 3. The Morgan fingerprint density at radius 3 is 1.69 bits per heavy atom. The van der Waals surface area contributed by atoms with E-state index in [9.17, 15) is 26.3 Å². The van der Waals surface area contributed by atoms with Crippen LogP contribution in [0.2, 0.25) is 0 Å². The van der Waals surface area contributed by atoms with Gasteiger partial charge in [-0.05, 0) is 0 Å². The highest BCUT2D eigenvalue weighted by atomic mass is 19.4. The summed E-state index contributed by atoms with van der Waals surface area (Å²) in [5, 5.41) is 0. The molecule has 0 spiro atoms. The molecule has 9 heteroatoms. The average molecular weight is 246 g/mol. The van der Waals surface area contributed by atoms with Gasteiger partial charge in [0.25, 0.3) is 0 Å². The largest absolute Gasteiger partial charge is 0.573 e. The monoisotopic (exact) mass is 246 g/mol. The zero-order valence-electron chi connectivity index (χ0n) is 7.33. The number of hydrogen-bond donors (Lipinski definition) is 2. The lowest BCUT2D eigenvalue weighted by Crippen LogP contribution is -2.20. The van der Waals surface area contributed by atoms with Crippen LogP contribution in [0.1, 0.15) is 0 Å². The summed E-state index contributed by atoms with van der Waals surface area (Å²) in [7, 11) is 0. The maximum absolute atomic E-state index is 13.0. The highest BCUT2D eigenvalue weighted by molar-refractivity contribution is 5.67. The van der Waals surface area contributed by atoms with Gasteiger partial charge < -0.3 is 16.2 Å². The Bertz CT molecular complexity index is 401. The molecule has 90 valence electrons. The highest BCUT2D eigenvalue weighted by Gasteiger charge is 2.36. The summed E-state index contributed by atoms with van der Waals surface area (Å²) in [5.74, 6) is -7.98. The zero-order valence-corrected chi connectivity index (χ0v) is 7.33. The quantitative estimate of drug-likeness (QED) is 0.453. The Morgan fingerprint density at radius 1 is 0.812 bits per heavy atom. The van der Waals surface area contributed by atoms with Gasteiger partial charge in [-0.3, -0.25) is 0 Å². The van der Waals surface area contributed by atoms with Crippen LogP contribution in [0.3, 0.4) is 0 Å². The van der Waals surface area contributed by atoms with Crippen molar-refractivity contribution in [1.29, 1.82) is 0 Å². The summed E-state index contributed by atoms with van der Waals surface area (Å²) >= 11 is 0. The molecule has 0 amide bonds. The van der Waals surface area contributed by atoms with E-state index >= 15 is 0 Å². The van der Waals surface area contributed by atoms with Gasteiger partial charge in [0.2, 0.25) is 11.6 Å². The van der Waals surface area contributed by atoms with Gasteiger partial charge in [-0.1, -0.05) is 0 Å². The van der Waals surface area contributed by atoms with E-state index in [1.165, 1.54) is 0 Å². The molecule has 16 heavy (non-hydrogen) atoms. The fourth-order valence-electron chi connectivity index (χ4n) is 0.878. The van der Waals surface area contributed by atoms with E-state index < -0.39 is 40.9 Å². The summed E-state index contributed by atoms with van der Waals surface area (Å²) in [6.45, 7) is 0. The molecule has 0 aliphatic heterocycles. The molecule has 1 aromatic carbocycles. The molecule has 0 aromatic heterocycles. The van der Waals surface area contributed by atoms with Gasteiger partial charge in [0.05, 0.1) is 11.4 Å². The van der Waals surface area contributed by atoms with Crippen LogP contribution in [0.4, 0.5) is 37.7 Å². The van der Waals surface area contributed by atoms with Crippen molar-refractivity contribution in [3.8, 4) is 5.75 Å². The van der Waals surface area contributed by atoms with Crippen molar-refractivity contribution in [2.24, 2.45) is 0 Å². The summed E-state index contributed by atoms with van der Waals surface area (Å²) in [6, 6.07) is 0. The molecule has 0 unspecified atom stereocenters. The van der Waals surface area contributed by atoms with Crippen molar-refractivity contribution in [3.63, 3.8) is 0 Å². The number of hydrogen-bond acceptors (Lipinski definition) is 3. The van der Waals surface area contributed by atoms with Crippen molar-refractivity contribution >= 4 is 11.4 Å². The van der Waals surface area contributed by atoms with Crippen LogP contribution in [0.25, 0.3) is 0 Å². The molecule has 1 rings (SSSR count). The number of rotatable bonds is 1. The van der Waals surface area contributed by atoms with Gasteiger partial charge in [0.15, 0.2) is 11.6 Å². The average Bonchev–Trinajstić information content (AvgIpc) is 2.17. The fourth-order valence-corrected chi connectivity index (χ4v) is 0.878. The topological polar surface area (TPSA) is 61.3 Å². The second-order valence-corrected chi connectivity index (χ2v) is 2.65. The zero-order chi connectivity index (χ0) is 12.7. The molecular formula is C7H4F6N2O. The maximum Gasteiger partial charge on any atom is 0.573 e. The first-order valence-corrected chi connectivity index (χ1v) is 3.62. The smallest absolute Gasteiger partial charge is 0.399 e. The van der Waals surface area contributed by atoms with Crippen LogP contribution < -0.4 is 16.2 Å². The molecule has 0 saturated carbocycles. The van der Waals surface area contributed by atoms with Gasteiger partial charge in [0.1, 0.15) is 0 Å². The van der Waals surface area contributed by atoms with Crippen LogP contribution in [-0.2, 0) is 0 Å². The van der Waals surface area contributed by atoms with E-state index in [4.69, 9.17) is 11.5 Å². The van der Waals surface area contributed by atoms with E-state index in [1.807, 2.05) is 0 Å². The lowest BCUT2D eigenvalue weighted by atomic mass is 10.2. The Morgan fingerprint density at radius 2 is 1.25 bits per heavy atom. The first-order chi connectivity index (χ1) is 7.15. The molecule has 4 N–H and O–H groups in total. The van der Waals surface area contributed by atoms with Gasteiger partial charge in [-0.2, -0.15) is 4.39 Å². The molecule has 0 heterocycles. The first kappa shape index (κ1) is 12.3. The molecule has 0 fully saturated rings.